The molecule has 2 aromatic heterocycles. The van der Waals surface area contributed by atoms with Crippen molar-refractivity contribution >= 4 is 23.3 Å². The smallest absolute Gasteiger partial charge is 0.358 e. The van der Waals surface area contributed by atoms with E-state index in [1.165, 1.54) is 11.1 Å². The van der Waals surface area contributed by atoms with Crippen LogP contribution in [0.5, 0.6) is 0 Å². The van der Waals surface area contributed by atoms with Gasteiger partial charge in [0.2, 0.25) is 0 Å². The van der Waals surface area contributed by atoms with Crippen LogP contribution in [0.15, 0.2) is 4.52 Å². The Morgan fingerprint density at radius 2 is 2.16 bits per heavy atom. The van der Waals surface area contributed by atoms with E-state index >= 15 is 0 Å². The first-order valence-corrected chi connectivity index (χ1v) is 8.34. The monoisotopic (exact) mass is 368 g/mol. The average molecular weight is 369 g/mol. The number of amides is 1. The molecule has 0 radical (unpaired) electrons. The van der Waals surface area contributed by atoms with Gasteiger partial charge in [-0.2, -0.15) is 9.67 Å². The molecule has 25 heavy (non-hydrogen) atoms. The highest BCUT2D eigenvalue weighted by Crippen LogP contribution is 2.26. The molecule has 2 aromatic rings. The summed E-state index contributed by atoms with van der Waals surface area (Å²) >= 11 is 5.89. The Hall–Kier alpha value is -2.49. The zero-order valence-electron chi connectivity index (χ0n) is 13.6. The molecule has 3 rings (SSSR count). The molecule has 1 N–H and O–H groups in total. The highest BCUT2D eigenvalue weighted by atomic mass is 35.5. The molecule has 0 aliphatic heterocycles. The van der Waals surface area contributed by atoms with Crippen molar-refractivity contribution in [1.82, 2.24) is 25.2 Å². The fourth-order valence-corrected chi connectivity index (χ4v) is 3.02. The molecular formula is C14H17ClN6O4. The van der Waals surface area contributed by atoms with Crippen LogP contribution in [-0.2, 0) is 6.54 Å². The minimum absolute atomic E-state index is 0.0135. The van der Waals surface area contributed by atoms with Crippen LogP contribution >= 0.6 is 11.6 Å². The summed E-state index contributed by atoms with van der Waals surface area (Å²) < 4.78 is 6.28. The molecule has 10 nitrogen and oxygen atoms in total. The highest BCUT2D eigenvalue weighted by molar-refractivity contribution is 6.33. The number of nitrogens with zero attached hydrogens (tertiary/aromatic N) is 5. The van der Waals surface area contributed by atoms with Crippen molar-refractivity contribution in [2.75, 3.05) is 0 Å². The van der Waals surface area contributed by atoms with Crippen LogP contribution in [-0.4, -0.2) is 36.8 Å². The number of nitrogens with one attached hydrogen (secondary N) is 1. The minimum atomic E-state index is -0.662. The maximum absolute atomic E-state index is 12.2. The fraction of sp³-hybridized carbons (Fsp3) is 0.571. The summed E-state index contributed by atoms with van der Waals surface area (Å²) in [6.45, 7) is 1.61. The summed E-state index contributed by atoms with van der Waals surface area (Å²) in [5.41, 5.74) is 0.409. The average Bonchev–Trinajstić information content (AvgIpc) is 3.16. The Balaban J connectivity index is 1.68. The lowest BCUT2D eigenvalue weighted by Crippen LogP contribution is -2.36. The number of carbonyl (C=O) groups excluding carboxylic acids is 1. The summed E-state index contributed by atoms with van der Waals surface area (Å²) in [6.07, 6.45) is 5.27. The van der Waals surface area contributed by atoms with Gasteiger partial charge in [0.1, 0.15) is 6.54 Å². The fourth-order valence-electron chi connectivity index (χ4n) is 2.82. The highest BCUT2D eigenvalue weighted by Gasteiger charge is 2.26. The van der Waals surface area contributed by atoms with Crippen molar-refractivity contribution in [2.24, 2.45) is 0 Å². The van der Waals surface area contributed by atoms with Crippen LogP contribution in [0.3, 0.4) is 0 Å². The molecule has 0 atom stereocenters. The lowest BCUT2D eigenvalue weighted by Gasteiger charge is -2.21. The van der Waals surface area contributed by atoms with Crippen LogP contribution in [0.25, 0.3) is 0 Å². The summed E-state index contributed by atoms with van der Waals surface area (Å²) in [5, 5.41) is 21.3. The van der Waals surface area contributed by atoms with Gasteiger partial charge in [-0.1, -0.05) is 36.0 Å². The second kappa shape index (κ2) is 7.18. The van der Waals surface area contributed by atoms with Crippen molar-refractivity contribution in [2.45, 2.75) is 51.6 Å². The van der Waals surface area contributed by atoms with Gasteiger partial charge >= 0.3 is 17.6 Å². The van der Waals surface area contributed by atoms with Crippen LogP contribution in [0.1, 0.15) is 54.3 Å². The zero-order valence-corrected chi connectivity index (χ0v) is 14.3. The van der Waals surface area contributed by atoms with Gasteiger partial charge in [0.15, 0.2) is 10.8 Å². The van der Waals surface area contributed by atoms with Gasteiger partial charge in [0.25, 0.3) is 0 Å². The standard InChI is InChI=1S/C14H17ClN6O4/c1-8-11(15)12(21(23)24)18-20(8)7-10-17-14(25-19-10)13(22)16-9-5-3-2-4-6-9/h9H,2-7H2,1H3,(H,16,22). The van der Waals surface area contributed by atoms with Crippen molar-refractivity contribution in [3.63, 3.8) is 0 Å². The molecule has 134 valence electrons. The number of hydrogen-bond acceptors (Lipinski definition) is 7. The number of halogens is 1. The molecule has 11 heteroatoms. The Labute approximate surface area is 147 Å². The summed E-state index contributed by atoms with van der Waals surface area (Å²) in [7, 11) is 0. The van der Waals surface area contributed by atoms with Crippen LogP contribution < -0.4 is 5.32 Å². The second-order valence-electron chi connectivity index (χ2n) is 5.96. The largest absolute Gasteiger partial charge is 0.408 e. The zero-order chi connectivity index (χ0) is 18.0. The third-order valence-corrected chi connectivity index (χ3v) is 4.63. The molecular weight excluding hydrogens is 352 g/mol. The first-order chi connectivity index (χ1) is 12.0. The van der Waals surface area contributed by atoms with Crippen molar-refractivity contribution in [1.29, 1.82) is 0 Å². The van der Waals surface area contributed by atoms with E-state index < -0.39 is 16.6 Å². The van der Waals surface area contributed by atoms with Crippen LogP contribution in [0.4, 0.5) is 5.82 Å². The Morgan fingerprint density at radius 3 is 2.80 bits per heavy atom. The minimum Gasteiger partial charge on any atom is -0.358 e. The molecule has 1 fully saturated rings. The van der Waals surface area contributed by atoms with Crippen molar-refractivity contribution in [3.8, 4) is 0 Å². The second-order valence-corrected chi connectivity index (χ2v) is 6.34. The summed E-state index contributed by atoms with van der Waals surface area (Å²) in [4.78, 5) is 26.4. The molecule has 2 heterocycles. The van der Waals surface area contributed by atoms with E-state index in [1.54, 1.807) is 6.92 Å². The molecule has 0 bridgehead atoms. The van der Waals surface area contributed by atoms with Crippen molar-refractivity contribution in [3.05, 3.63) is 32.5 Å². The third-order valence-electron chi connectivity index (χ3n) is 4.18. The molecule has 0 spiro atoms. The number of carbonyl (C=O) groups is 1. The van der Waals surface area contributed by atoms with E-state index in [-0.39, 0.29) is 29.3 Å². The number of rotatable bonds is 5. The van der Waals surface area contributed by atoms with E-state index in [2.05, 4.69) is 20.6 Å². The van der Waals surface area contributed by atoms with Gasteiger partial charge in [-0.25, -0.2) is 0 Å². The molecule has 1 aliphatic rings. The number of aromatic nitrogens is 4. The van der Waals surface area contributed by atoms with E-state index in [1.807, 2.05) is 0 Å². The van der Waals surface area contributed by atoms with Crippen LogP contribution in [0, 0.1) is 17.0 Å². The maximum atomic E-state index is 12.2. The van der Waals surface area contributed by atoms with Gasteiger partial charge in [-0.05, 0) is 24.7 Å². The lowest BCUT2D eigenvalue weighted by molar-refractivity contribution is -0.389. The van der Waals surface area contributed by atoms with E-state index in [0.717, 1.165) is 25.7 Å². The summed E-state index contributed by atoms with van der Waals surface area (Å²) in [6, 6.07) is 0.131. The van der Waals surface area contributed by atoms with E-state index in [9.17, 15) is 14.9 Å². The Kier molecular flexibility index (Phi) is 4.98. The van der Waals surface area contributed by atoms with Gasteiger partial charge in [0.05, 0.1) is 10.8 Å². The molecule has 0 unspecified atom stereocenters. The van der Waals surface area contributed by atoms with E-state index in [4.69, 9.17) is 16.1 Å². The quantitative estimate of drug-likeness (QED) is 0.632. The molecule has 1 saturated carbocycles. The Morgan fingerprint density at radius 1 is 1.44 bits per heavy atom. The van der Waals surface area contributed by atoms with Crippen molar-refractivity contribution < 1.29 is 14.2 Å². The first kappa shape index (κ1) is 17.3. The first-order valence-electron chi connectivity index (χ1n) is 7.96. The predicted molar refractivity (Wildman–Crippen MR) is 86.4 cm³/mol. The molecule has 0 aromatic carbocycles. The van der Waals surface area contributed by atoms with Gasteiger partial charge in [0, 0.05) is 6.04 Å². The normalized spacial score (nSPS) is 15.3. The summed E-state index contributed by atoms with van der Waals surface area (Å²) in [5.74, 6) is -0.790. The van der Waals surface area contributed by atoms with Crippen LogP contribution in [0.2, 0.25) is 5.02 Å². The molecule has 1 aliphatic carbocycles. The Bertz CT molecular complexity index is 795. The maximum Gasteiger partial charge on any atom is 0.408 e. The SMILES string of the molecule is Cc1c(Cl)c([N+](=O)[O-])nn1Cc1noc(C(=O)NC2CCCCC2)n1. The molecule has 0 saturated heterocycles. The lowest BCUT2D eigenvalue weighted by atomic mass is 9.95. The number of hydrogen-bond donors (Lipinski definition) is 1. The van der Waals surface area contributed by atoms with Gasteiger partial charge < -0.3 is 20.0 Å². The topological polar surface area (TPSA) is 129 Å². The number of nitro groups is 1. The molecule has 1 amide bonds. The van der Waals surface area contributed by atoms with Gasteiger partial charge in [-0.3, -0.25) is 4.79 Å². The predicted octanol–water partition coefficient (Wildman–Crippen LogP) is 2.25. The van der Waals surface area contributed by atoms with E-state index in [0.29, 0.717) is 5.69 Å². The third kappa shape index (κ3) is 3.78. The van der Waals surface area contributed by atoms with Gasteiger partial charge in [-0.15, -0.1) is 0 Å².